The first-order valence-corrected chi connectivity index (χ1v) is 18.8. The molecule has 2 aromatic rings. The Balaban J connectivity index is 1.35. The second-order valence-corrected chi connectivity index (χ2v) is 16.9. The number of carbonyl (C=O) groups excluding carboxylic acids is 2. The number of alkyl carbamates (subject to hydrolysis) is 1. The number of rotatable bonds is 11. The lowest BCUT2D eigenvalue weighted by Crippen LogP contribution is -2.55. The van der Waals surface area contributed by atoms with Crippen LogP contribution in [0, 0.1) is 23.7 Å². The van der Waals surface area contributed by atoms with Crippen molar-refractivity contribution < 1.29 is 36.3 Å². The van der Waals surface area contributed by atoms with Crippen LogP contribution in [0.4, 0.5) is 13.6 Å². The van der Waals surface area contributed by atoms with E-state index >= 15 is 8.78 Å². The molecular weight excluding hydrogens is 694 g/mol. The normalized spacial score (nSPS) is 24.4. The molecule has 3 aliphatic rings. The van der Waals surface area contributed by atoms with Crippen molar-refractivity contribution in [3.8, 4) is 5.75 Å². The van der Waals surface area contributed by atoms with Gasteiger partial charge in [0.1, 0.15) is 17.4 Å². The van der Waals surface area contributed by atoms with Crippen LogP contribution in [0.1, 0.15) is 84.1 Å². The number of hydrogen-bond donors (Lipinski definition) is 2. The number of halogens is 3. The maximum atomic E-state index is 16.4. The predicted molar refractivity (Wildman–Crippen MR) is 178 cm³/mol. The van der Waals surface area contributed by atoms with Crippen molar-refractivity contribution in [1.82, 2.24) is 10.0 Å². The SMILES string of the molecule is CC(C)(C)OC(=O)NC1CC2CCC(C1)C2C(=O)C(NS(=O)(=O)c1ccc(OCC2CCCCC2)cc1)C(F)(F)c1cccc(Br)c1. The summed E-state index contributed by atoms with van der Waals surface area (Å²) in [6.45, 7) is 5.83. The van der Waals surface area contributed by atoms with Gasteiger partial charge in [-0.3, -0.25) is 4.79 Å². The van der Waals surface area contributed by atoms with Crippen LogP contribution in [-0.2, 0) is 25.5 Å². The van der Waals surface area contributed by atoms with E-state index < -0.39 is 50.9 Å². The van der Waals surface area contributed by atoms with Crippen molar-refractivity contribution in [1.29, 1.82) is 0 Å². The van der Waals surface area contributed by atoms with Gasteiger partial charge in [0, 0.05) is 22.0 Å². The van der Waals surface area contributed by atoms with Crippen LogP contribution in [0.5, 0.6) is 5.75 Å². The molecule has 5 rings (SSSR count). The zero-order valence-electron chi connectivity index (χ0n) is 27.1. The number of amides is 1. The molecule has 3 unspecified atom stereocenters. The molecule has 2 bridgehead atoms. The van der Waals surface area contributed by atoms with Crippen LogP contribution in [-0.4, -0.2) is 44.6 Å². The summed E-state index contributed by atoms with van der Waals surface area (Å²) < 4.78 is 73.9. The fourth-order valence-corrected chi connectivity index (χ4v) is 9.06. The summed E-state index contributed by atoms with van der Waals surface area (Å²) in [5.41, 5.74) is -1.16. The Morgan fingerprint density at radius 2 is 1.60 bits per heavy atom. The Morgan fingerprint density at radius 3 is 2.19 bits per heavy atom. The molecule has 0 heterocycles. The Kier molecular flexibility index (Phi) is 11.0. The average Bonchev–Trinajstić information content (AvgIpc) is 3.28. The zero-order valence-corrected chi connectivity index (χ0v) is 29.5. The summed E-state index contributed by atoms with van der Waals surface area (Å²) in [5.74, 6) is -5.10. The molecule has 0 spiro atoms. The van der Waals surface area contributed by atoms with E-state index in [1.807, 2.05) is 0 Å². The molecule has 3 atom stereocenters. The Bertz CT molecular complexity index is 1510. The average molecular weight is 740 g/mol. The second-order valence-electron chi connectivity index (χ2n) is 14.3. The highest BCUT2D eigenvalue weighted by Gasteiger charge is 2.55. The summed E-state index contributed by atoms with van der Waals surface area (Å²) in [6.07, 6.45) is 7.28. The third kappa shape index (κ3) is 8.92. The number of sulfonamides is 1. The lowest BCUT2D eigenvalue weighted by Gasteiger charge is -2.38. The van der Waals surface area contributed by atoms with Crippen LogP contribution < -0.4 is 14.8 Å². The van der Waals surface area contributed by atoms with Crippen LogP contribution in [0.2, 0.25) is 0 Å². The molecule has 47 heavy (non-hydrogen) atoms. The molecule has 3 saturated carbocycles. The topological polar surface area (TPSA) is 111 Å². The monoisotopic (exact) mass is 738 g/mol. The minimum atomic E-state index is -4.55. The van der Waals surface area contributed by atoms with Gasteiger partial charge in [-0.1, -0.05) is 47.3 Å². The quantitative estimate of drug-likeness (QED) is 0.244. The molecule has 0 saturated heterocycles. The van der Waals surface area contributed by atoms with E-state index in [1.54, 1.807) is 26.8 Å². The van der Waals surface area contributed by atoms with Gasteiger partial charge in [0.15, 0.2) is 5.78 Å². The Labute approximate surface area is 284 Å². The number of ether oxygens (including phenoxy) is 2. The number of Topliss-reactive ketones (excluding diaryl/α,β-unsaturated/α-hetero) is 1. The molecule has 3 aliphatic carbocycles. The minimum Gasteiger partial charge on any atom is -0.493 e. The van der Waals surface area contributed by atoms with Crippen LogP contribution in [0.15, 0.2) is 57.9 Å². The summed E-state index contributed by atoms with van der Waals surface area (Å²) in [4.78, 5) is 26.4. The van der Waals surface area contributed by atoms with Gasteiger partial charge in [-0.15, -0.1) is 0 Å². The van der Waals surface area contributed by atoms with E-state index in [9.17, 15) is 18.0 Å². The molecule has 1 amide bonds. The molecule has 3 fully saturated rings. The van der Waals surface area contributed by atoms with Gasteiger partial charge in [0.2, 0.25) is 10.0 Å². The number of ketones is 1. The lowest BCUT2D eigenvalue weighted by molar-refractivity contribution is -0.139. The van der Waals surface area contributed by atoms with Crippen molar-refractivity contribution in [2.24, 2.45) is 23.7 Å². The molecule has 2 N–H and O–H groups in total. The van der Waals surface area contributed by atoms with Gasteiger partial charge in [-0.2, -0.15) is 13.5 Å². The largest absolute Gasteiger partial charge is 0.493 e. The first-order valence-electron chi connectivity index (χ1n) is 16.5. The fraction of sp³-hybridized carbons (Fsp3) is 0.600. The first kappa shape index (κ1) is 35.7. The molecule has 0 radical (unpaired) electrons. The maximum absolute atomic E-state index is 16.4. The van der Waals surface area contributed by atoms with E-state index in [0.717, 1.165) is 12.8 Å². The van der Waals surface area contributed by atoms with Gasteiger partial charge in [-0.25, -0.2) is 13.2 Å². The van der Waals surface area contributed by atoms with Crippen LogP contribution >= 0.6 is 15.9 Å². The highest BCUT2D eigenvalue weighted by molar-refractivity contribution is 9.10. The molecule has 0 aliphatic heterocycles. The molecular formula is C35H45BrF2N2O6S. The second kappa shape index (κ2) is 14.5. The van der Waals surface area contributed by atoms with Crippen molar-refractivity contribution >= 4 is 37.8 Å². The van der Waals surface area contributed by atoms with E-state index in [1.165, 1.54) is 61.7 Å². The summed E-state index contributed by atoms with van der Waals surface area (Å²) in [6, 6.07) is 8.43. The first-order chi connectivity index (χ1) is 22.1. The summed E-state index contributed by atoms with van der Waals surface area (Å²) >= 11 is 3.22. The smallest absolute Gasteiger partial charge is 0.407 e. The standard InChI is InChI=1S/C35H45BrF2N2O6S/c1-34(2,3)46-33(42)39-27-18-23-12-13-24(19-27)30(23)31(41)32(35(37,38)25-10-7-11-26(36)20-25)40-47(43,44)29-16-14-28(15-17-29)45-21-22-8-5-4-6-9-22/h7,10-11,14-17,20,22-24,27,30,32,40H,4-6,8-9,12-13,18-19,21H2,1-3H3,(H,39,42). The van der Waals surface area contributed by atoms with Gasteiger partial charge in [0.25, 0.3) is 5.92 Å². The molecule has 12 heteroatoms. The number of alkyl halides is 2. The summed E-state index contributed by atoms with van der Waals surface area (Å²) in [7, 11) is -4.55. The van der Waals surface area contributed by atoms with Gasteiger partial charge in [0.05, 0.1) is 11.5 Å². The number of fused-ring (bicyclic) bond motifs is 2. The lowest BCUT2D eigenvalue weighted by atomic mass is 9.72. The number of hydrogen-bond acceptors (Lipinski definition) is 6. The Morgan fingerprint density at radius 1 is 0.957 bits per heavy atom. The van der Waals surface area contributed by atoms with Crippen LogP contribution in [0.25, 0.3) is 0 Å². The molecule has 0 aromatic heterocycles. The highest BCUT2D eigenvalue weighted by Crippen LogP contribution is 2.49. The summed E-state index contributed by atoms with van der Waals surface area (Å²) in [5, 5.41) is 2.87. The van der Waals surface area contributed by atoms with E-state index in [-0.39, 0.29) is 22.8 Å². The molecule has 258 valence electrons. The Hall–Kier alpha value is -2.57. The van der Waals surface area contributed by atoms with Crippen LogP contribution in [0.3, 0.4) is 0 Å². The third-order valence-corrected chi connectivity index (χ3v) is 11.6. The molecule has 2 aromatic carbocycles. The minimum absolute atomic E-state index is 0.237. The van der Waals surface area contributed by atoms with Crippen molar-refractivity contribution in [3.05, 3.63) is 58.6 Å². The zero-order chi connectivity index (χ0) is 34.0. The maximum Gasteiger partial charge on any atom is 0.407 e. The fourth-order valence-electron chi connectivity index (χ4n) is 7.46. The van der Waals surface area contributed by atoms with Crippen molar-refractivity contribution in [2.75, 3.05) is 6.61 Å². The van der Waals surface area contributed by atoms with Crippen molar-refractivity contribution in [2.45, 2.75) is 107 Å². The third-order valence-electron chi connectivity index (χ3n) is 9.62. The number of carbonyl (C=O) groups is 2. The van der Waals surface area contributed by atoms with Gasteiger partial charge < -0.3 is 14.8 Å². The van der Waals surface area contributed by atoms with Gasteiger partial charge in [-0.05, 0) is 113 Å². The molecule has 8 nitrogen and oxygen atoms in total. The number of benzene rings is 2. The van der Waals surface area contributed by atoms with E-state index in [4.69, 9.17) is 9.47 Å². The van der Waals surface area contributed by atoms with E-state index in [0.29, 0.717) is 48.4 Å². The van der Waals surface area contributed by atoms with E-state index in [2.05, 4.69) is 26.0 Å². The van der Waals surface area contributed by atoms with Gasteiger partial charge >= 0.3 is 6.09 Å². The predicted octanol–water partition coefficient (Wildman–Crippen LogP) is 7.75. The highest BCUT2D eigenvalue weighted by atomic mass is 79.9. The van der Waals surface area contributed by atoms with Crippen molar-refractivity contribution in [3.63, 3.8) is 0 Å². The number of nitrogens with one attached hydrogen (secondary N) is 2.